The van der Waals surface area contributed by atoms with Crippen LogP contribution in [0.3, 0.4) is 0 Å². The van der Waals surface area contributed by atoms with Gasteiger partial charge in [0.1, 0.15) is 11.4 Å². The molecule has 1 saturated heterocycles. The molecule has 2 heterocycles. The predicted octanol–water partition coefficient (Wildman–Crippen LogP) is 6.39. The molecule has 5 amide bonds. The molecule has 0 saturated carbocycles. The standard InChI is InChI=1S/C26H24F3N5O3S/c1-16-6-4-5-7-20(16)31-23(36)32-21-14-17(12-13-30-21)15-33-24(37)34(22(35)25(33,2)3)18-8-10-19(11-9-18)38-26(27,28)29/h4-14H,15H2,1-3H3,(H2,30,31,32,36). The maximum Gasteiger partial charge on any atom is 0.446 e. The molecule has 0 radical (unpaired) electrons. The smallest absolute Gasteiger partial charge is 0.307 e. The number of rotatable bonds is 6. The molecule has 4 rings (SSSR count). The summed E-state index contributed by atoms with van der Waals surface area (Å²) in [7, 11) is 0. The van der Waals surface area contributed by atoms with Gasteiger partial charge < -0.3 is 10.2 Å². The summed E-state index contributed by atoms with van der Waals surface area (Å²) >= 11 is -0.277. The summed E-state index contributed by atoms with van der Waals surface area (Å²) < 4.78 is 37.9. The Morgan fingerprint density at radius 3 is 2.37 bits per heavy atom. The van der Waals surface area contributed by atoms with Crippen LogP contribution < -0.4 is 15.5 Å². The lowest BCUT2D eigenvalue weighted by Gasteiger charge is -2.27. The Morgan fingerprint density at radius 1 is 1.03 bits per heavy atom. The van der Waals surface area contributed by atoms with E-state index < -0.39 is 29.0 Å². The van der Waals surface area contributed by atoms with E-state index in [4.69, 9.17) is 0 Å². The number of para-hydroxylation sites is 1. The van der Waals surface area contributed by atoms with Crippen LogP contribution in [0, 0.1) is 6.92 Å². The van der Waals surface area contributed by atoms with Gasteiger partial charge in [-0.25, -0.2) is 19.5 Å². The third-order valence-corrected chi connectivity index (χ3v) is 6.69. The molecule has 8 nitrogen and oxygen atoms in total. The van der Waals surface area contributed by atoms with E-state index in [2.05, 4.69) is 15.6 Å². The predicted molar refractivity (Wildman–Crippen MR) is 139 cm³/mol. The van der Waals surface area contributed by atoms with Crippen LogP contribution in [-0.4, -0.2) is 38.9 Å². The Kier molecular flexibility index (Phi) is 7.36. The van der Waals surface area contributed by atoms with Gasteiger partial charge in [-0.15, -0.1) is 0 Å². The highest BCUT2D eigenvalue weighted by Crippen LogP contribution is 2.39. The number of urea groups is 2. The number of anilines is 3. The molecule has 2 N–H and O–H groups in total. The Morgan fingerprint density at radius 2 is 1.71 bits per heavy atom. The lowest BCUT2D eigenvalue weighted by atomic mass is 10.0. The molecular formula is C26H24F3N5O3S. The minimum absolute atomic E-state index is 0.0344. The van der Waals surface area contributed by atoms with Crippen LogP contribution in [0.2, 0.25) is 0 Å². The second-order valence-corrected chi connectivity index (χ2v) is 10.2. The Labute approximate surface area is 221 Å². The number of thioether (sulfide) groups is 1. The van der Waals surface area contributed by atoms with E-state index in [9.17, 15) is 27.6 Å². The second-order valence-electron chi connectivity index (χ2n) is 9.05. The van der Waals surface area contributed by atoms with Crippen LogP contribution in [-0.2, 0) is 11.3 Å². The van der Waals surface area contributed by atoms with Crippen molar-refractivity contribution < 1.29 is 27.6 Å². The van der Waals surface area contributed by atoms with Crippen LogP contribution in [0.25, 0.3) is 0 Å². The largest absolute Gasteiger partial charge is 0.446 e. The van der Waals surface area contributed by atoms with Gasteiger partial charge in [0.05, 0.1) is 5.69 Å². The number of amides is 5. The summed E-state index contributed by atoms with van der Waals surface area (Å²) in [4.78, 5) is 45.3. The number of hydrogen-bond donors (Lipinski definition) is 2. The summed E-state index contributed by atoms with van der Waals surface area (Å²) in [5.74, 6) is -0.261. The van der Waals surface area contributed by atoms with Crippen LogP contribution in [0.15, 0.2) is 71.8 Å². The molecule has 2 aromatic carbocycles. The van der Waals surface area contributed by atoms with Gasteiger partial charge in [-0.3, -0.25) is 10.1 Å². The number of pyridine rings is 1. The number of nitrogens with zero attached hydrogens (tertiary/aromatic N) is 3. The van der Waals surface area contributed by atoms with Gasteiger partial charge in [0, 0.05) is 23.3 Å². The number of aromatic nitrogens is 1. The number of carbonyl (C=O) groups excluding carboxylic acids is 3. The monoisotopic (exact) mass is 543 g/mol. The molecule has 0 spiro atoms. The molecule has 3 aromatic rings. The first-order chi connectivity index (χ1) is 17.8. The van der Waals surface area contributed by atoms with Crippen LogP contribution >= 0.6 is 11.8 Å². The summed E-state index contributed by atoms with van der Waals surface area (Å²) in [6, 6.07) is 14.5. The summed E-state index contributed by atoms with van der Waals surface area (Å²) in [6.07, 6.45) is 1.48. The molecule has 38 heavy (non-hydrogen) atoms. The molecule has 0 aliphatic carbocycles. The van der Waals surface area contributed by atoms with Crippen LogP contribution in [0.1, 0.15) is 25.0 Å². The zero-order valence-corrected chi connectivity index (χ0v) is 21.5. The van der Waals surface area contributed by atoms with Crippen molar-refractivity contribution in [2.75, 3.05) is 15.5 Å². The van der Waals surface area contributed by atoms with E-state index in [-0.39, 0.29) is 34.7 Å². The topological polar surface area (TPSA) is 94.6 Å². The van der Waals surface area contributed by atoms with Crippen molar-refractivity contribution in [2.45, 2.75) is 43.3 Å². The maximum atomic E-state index is 13.3. The van der Waals surface area contributed by atoms with Crippen LogP contribution in [0.4, 0.5) is 40.0 Å². The third kappa shape index (κ3) is 5.91. The van der Waals surface area contributed by atoms with Crippen molar-refractivity contribution in [3.63, 3.8) is 0 Å². The van der Waals surface area contributed by atoms with E-state index >= 15 is 0 Å². The average Bonchev–Trinajstić information content (AvgIpc) is 3.00. The van der Waals surface area contributed by atoms with Gasteiger partial charge in [0.2, 0.25) is 0 Å². The minimum atomic E-state index is -4.45. The van der Waals surface area contributed by atoms with Crippen molar-refractivity contribution in [1.82, 2.24) is 9.88 Å². The van der Waals surface area contributed by atoms with E-state index in [0.29, 0.717) is 11.3 Å². The zero-order chi connectivity index (χ0) is 27.7. The lowest BCUT2D eigenvalue weighted by Crippen LogP contribution is -2.43. The molecule has 1 aliphatic rings. The van der Waals surface area contributed by atoms with E-state index in [0.717, 1.165) is 10.5 Å². The molecule has 1 fully saturated rings. The van der Waals surface area contributed by atoms with E-state index in [1.54, 1.807) is 38.1 Å². The van der Waals surface area contributed by atoms with Gasteiger partial charge in [-0.05, 0) is 86.1 Å². The number of imide groups is 1. The minimum Gasteiger partial charge on any atom is -0.307 e. The van der Waals surface area contributed by atoms with E-state index in [1.165, 1.54) is 35.4 Å². The first-order valence-electron chi connectivity index (χ1n) is 11.5. The zero-order valence-electron chi connectivity index (χ0n) is 20.7. The third-order valence-electron chi connectivity index (χ3n) is 5.95. The number of hydrogen-bond acceptors (Lipinski definition) is 5. The second kappa shape index (κ2) is 10.4. The maximum absolute atomic E-state index is 13.3. The van der Waals surface area contributed by atoms with Crippen LogP contribution in [0.5, 0.6) is 0 Å². The fourth-order valence-corrected chi connectivity index (χ4v) is 4.47. The summed E-state index contributed by atoms with van der Waals surface area (Å²) in [5, 5.41) is 5.40. The highest BCUT2D eigenvalue weighted by Gasteiger charge is 2.51. The Hall–Kier alpha value is -4.06. The Bertz CT molecular complexity index is 1380. The van der Waals surface area contributed by atoms with Gasteiger partial charge >= 0.3 is 17.6 Å². The van der Waals surface area contributed by atoms with E-state index in [1.807, 2.05) is 19.1 Å². The number of benzene rings is 2. The van der Waals surface area contributed by atoms with Crippen molar-refractivity contribution >= 4 is 46.9 Å². The molecular weight excluding hydrogens is 519 g/mol. The van der Waals surface area contributed by atoms with Gasteiger partial charge in [0.15, 0.2) is 0 Å². The first kappa shape index (κ1) is 27.0. The van der Waals surface area contributed by atoms with Crippen molar-refractivity contribution in [1.29, 1.82) is 0 Å². The van der Waals surface area contributed by atoms with Crippen molar-refractivity contribution in [2.24, 2.45) is 0 Å². The SMILES string of the molecule is Cc1ccccc1NC(=O)Nc1cc(CN2C(=O)N(c3ccc(SC(F)(F)F)cc3)C(=O)C2(C)C)ccn1. The van der Waals surface area contributed by atoms with Crippen molar-refractivity contribution in [3.05, 3.63) is 78.0 Å². The molecule has 1 aliphatic heterocycles. The van der Waals surface area contributed by atoms with Gasteiger partial charge in [-0.2, -0.15) is 13.2 Å². The normalized spacial score (nSPS) is 15.1. The highest BCUT2D eigenvalue weighted by molar-refractivity contribution is 8.00. The van der Waals surface area contributed by atoms with Crippen molar-refractivity contribution in [3.8, 4) is 0 Å². The number of alkyl halides is 3. The van der Waals surface area contributed by atoms with Gasteiger partial charge in [0.25, 0.3) is 5.91 Å². The van der Waals surface area contributed by atoms with Gasteiger partial charge in [-0.1, -0.05) is 18.2 Å². The summed E-state index contributed by atoms with van der Waals surface area (Å²) in [5.41, 5.74) is -3.35. The Balaban J connectivity index is 1.48. The molecule has 0 unspecified atom stereocenters. The fraction of sp³-hybridized carbons (Fsp3) is 0.231. The number of carbonyl (C=O) groups is 3. The molecule has 1 aromatic heterocycles. The number of aryl methyl sites for hydroxylation is 1. The highest BCUT2D eigenvalue weighted by atomic mass is 32.2. The average molecular weight is 544 g/mol. The molecule has 12 heteroatoms. The molecule has 198 valence electrons. The number of halogens is 3. The molecule has 0 atom stereocenters. The quantitative estimate of drug-likeness (QED) is 0.277. The first-order valence-corrected chi connectivity index (χ1v) is 12.3. The fourth-order valence-electron chi connectivity index (χ4n) is 3.93. The number of nitrogens with one attached hydrogen (secondary N) is 2. The summed E-state index contributed by atoms with van der Waals surface area (Å²) in [6.45, 7) is 5.09. The lowest BCUT2D eigenvalue weighted by molar-refractivity contribution is -0.123. The molecule has 0 bridgehead atoms.